The maximum Gasteiger partial charge on any atom is 0.412 e. The summed E-state index contributed by atoms with van der Waals surface area (Å²) in [7, 11) is 0. The van der Waals surface area contributed by atoms with E-state index in [4.69, 9.17) is 9.26 Å². The summed E-state index contributed by atoms with van der Waals surface area (Å²) in [6.07, 6.45) is 0.945. The predicted molar refractivity (Wildman–Crippen MR) is 140 cm³/mol. The SMILES string of the molecule is Cc1noc(-c2ccc(-c3ccc(C(C(=O)O)C4CC4)cc3)cc2)c1NC(=O)O[C@H](C)c1ccccc1. The van der Waals surface area contributed by atoms with Crippen LogP contribution >= 0.6 is 0 Å². The molecule has 1 amide bonds. The summed E-state index contributed by atoms with van der Waals surface area (Å²) >= 11 is 0. The van der Waals surface area contributed by atoms with Crippen LogP contribution in [-0.4, -0.2) is 22.3 Å². The van der Waals surface area contributed by atoms with Gasteiger partial charge in [-0.05, 0) is 54.9 Å². The molecule has 2 atom stereocenters. The zero-order valence-electron chi connectivity index (χ0n) is 20.7. The van der Waals surface area contributed by atoms with Crippen molar-refractivity contribution in [3.63, 3.8) is 0 Å². The molecular weight excluding hydrogens is 468 g/mol. The summed E-state index contributed by atoms with van der Waals surface area (Å²) in [5, 5.41) is 16.4. The van der Waals surface area contributed by atoms with Crippen molar-refractivity contribution in [2.24, 2.45) is 5.92 Å². The van der Waals surface area contributed by atoms with Gasteiger partial charge in [0.2, 0.25) is 0 Å². The van der Waals surface area contributed by atoms with Gasteiger partial charge in [0.1, 0.15) is 17.5 Å². The van der Waals surface area contributed by atoms with E-state index in [0.717, 1.165) is 40.7 Å². The molecule has 0 saturated heterocycles. The van der Waals surface area contributed by atoms with E-state index in [1.54, 1.807) is 6.92 Å². The van der Waals surface area contributed by atoms with Crippen LogP contribution in [0.1, 0.15) is 48.6 Å². The second-order valence-corrected chi connectivity index (χ2v) is 9.41. The van der Waals surface area contributed by atoms with Crippen molar-refractivity contribution in [3.05, 3.63) is 95.7 Å². The molecule has 1 fully saturated rings. The molecule has 1 aliphatic rings. The molecule has 37 heavy (non-hydrogen) atoms. The van der Waals surface area contributed by atoms with Crippen LogP contribution in [0.25, 0.3) is 22.5 Å². The Kier molecular flexibility index (Phi) is 6.77. The quantitative estimate of drug-likeness (QED) is 0.267. The highest BCUT2D eigenvalue weighted by Crippen LogP contribution is 2.43. The van der Waals surface area contributed by atoms with Crippen molar-refractivity contribution < 1.29 is 24.0 Å². The van der Waals surface area contributed by atoms with Gasteiger partial charge in [-0.3, -0.25) is 10.1 Å². The molecular formula is C30H28N2O5. The minimum Gasteiger partial charge on any atom is -0.481 e. The Morgan fingerprint density at radius 2 is 1.51 bits per heavy atom. The van der Waals surface area contributed by atoms with Crippen LogP contribution in [0.3, 0.4) is 0 Å². The van der Waals surface area contributed by atoms with E-state index in [1.165, 1.54) is 0 Å². The third-order valence-corrected chi connectivity index (χ3v) is 6.75. The third kappa shape index (κ3) is 5.40. The number of aliphatic carboxylic acids is 1. The monoisotopic (exact) mass is 496 g/mol. The number of amides is 1. The Morgan fingerprint density at radius 3 is 2.11 bits per heavy atom. The summed E-state index contributed by atoms with van der Waals surface area (Å²) in [5.74, 6) is -0.503. The molecule has 5 rings (SSSR count). The molecule has 2 N–H and O–H groups in total. The van der Waals surface area contributed by atoms with E-state index >= 15 is 0 Å². The van der Waals surface area contributed by atoms with Gasteiger partial charge in [0.05, 0.1) is 5.92 Å². The van der Waals surface area contributed by atoms with Gasteiger partial charge in [-0.2, -0.15) is 0 Å². The van der Waals surface area contributed by atoms with Crippen LogP contribution in [0.2, 0.25) is 0 Å². The average Bonchev–Trinajstić information content (AvgIpc) is 3.67. The van der Waals surface area contributed by atoms with Crippen molar-refractivity contribution in [1.82, 2.24) is 5.16 Å². The van der Waals surface area contributed by atoms with Crippen molar-refractivity contribution in [2.75, 3.05) is 5.32 Å². The number of benzene rings is 3. The van der Waals surface area contributed by atoms with Crippen molar-refractivity contribution in [3.8, 4) is 22.5 Å². The number of ether oxygens (including phenoxy) is 1. The number of aryl methyl sites for hydroxylation is 1. The normalized spacial score (nSPS) is 14.5. The van der Waals surface area contributed by atoms with E-state index < -0.39 is 24.1 Å². The Labute approximate surface area is 215 Å². The lowest BCUT2D eigenvalue weighted by molar-refractivity contribution is -0.139. The first-order valence-electron chi connectivity index (χ1n) is 12.3. The Hall–Kier alpha value is -4.39. The molecule has 7 nitrogen and oxygen atoms in total. The molecule has 0 bridgehead atoms. The number of carbonyl (C=O) groups is 2. The van der Waals surface area contributed by atoms with Crippen molar-refractivity contribution in [1.29, 1.82) is 0 Å². The zero-order valence-corrected chi connectivity index (χ0v) is 20.7. The lowest BCUT2D eigenvalue weighted by atomic mass is 9.92. The standard InChI is InChI=1S/C30H28N2O5/c1-18-27(31-30(35)36-19(2)20-6-4-3-5-7-20)28(37-32-18)25-16-10-22(11-17-25)21-8-12-23(13-9-21)26(29(33)34)24-14-15-24/h3-13,16-17,19,24,26H,14-15H2,1-2H3,(H,31,35)(H,33,34)/t19-,26?/m1/s1. The number of aromatic nitrogens is 1. The van der Waals surface area contributed by atoms with E-state index in [0.29, 0.717) is 17.1 Å². The number of anilines is 1. The number of carbonyl (C=O) groups excluding carboxylic acids is 1. The maximum atomic E-state index is 12.6. The summed E-state index contributed by atoms with van der Waals surface area (Å²) < 4.78 is 11.1. The number of nitrogens with one attached hydrogen (secondary N) is 1. The fourth-order valence-electron chi connectivity index (χ4n) is 4.54. The molecule has 1 aromatic heterocycles. The first kappa shape index (κ1) is 24.3. The second-order valence-electron chi connectivity index (χ2n) is 9.41. The van der Waals surface area contributed by atoms with Crippen LogP contribution in [0, 0.1) is 12.8 Å². The van der Waals surface area contributed by atoms with Crippen LogP contribution in [0.15, 0.2) is 83.4 Å². The lowest BCUT2D eigenvalue weighted by Crippen LogP contribution is -2.16. The minimum absolute atomic E-state index is 0.245. The number of carboxylic acids is 1. The highest BCUT2D eigenvalue weighted by molar-refractivity contribution is 5.91. The van der Waals surface area contributed by atoms with Gasteiger partial charge in [-0.1, -0.05) is 84.0 Å². The topological polar surface area (TPSA) is 102 Å². The minimum atomic E-state index is -0.759. The predicted octanol–water partition coefficient (Wildman–Crippen LogP) is 7.20. The lowest BCUT2D eigenvalue weighted by Gasteiger charge is -2.14. The van der Waals surface area contributed by atoms with Crippen LogP contribution in [0.5, 0.6) is 0 Å². The van der Waals surface area contributed by atoms with Gasteiger partial charge in [-0.25, -0.2) is 4.79 Å². The van der Waals surface area contributed by atoms with Crippen LogP contribution < -0.4 is 5.32 Å². The van der Waals surface area contributed by atoms with E-state index in [-0.39, 0.29) is 5.92 Å². The highest BCUT2D eigenvalue weighted by atomic mass is 16.6. The van der Waals surface area contributed by atoms with Gasteiger partial charge in [0.25, 0.3) is 0 Å². The van der Waals surface area contributed by atoms with E-state index in [9.17, 15) is 14.7 Å². The summed E-state index contributed by atoms with van der Waals surface area (Å²) in [4.78, 5) is 24.3. The zero-order chi connectivity index (χ0) is 25.9. The summed E-state index contributed by atoms with van der Waals surface area (Å²) in [5.41, 5.74) is 5.47. The maximum absolute atomic E-state index is 12.6. The molecule has 188 valence electrons. The Morgan fingerprint density at radius 1 is 0.919 bits per heavy atom. The molecule has 0 aliphatic heterocycles. The van der Waals surface area contributed by atoms with Crippen LogP contribution in [-0.2, 0) is 9.53 Å². The number of hydrogen-bond acceptors (Lipinski definition) is 5. The first-order valence-corrected chi connectivity index (χ1v) is 12.3. The molecule has 0 radical (unpaired) electrons. The smallest absolute Gasteiger partial charge is 0.412 e. The number of carboxylic acid groups (broad SMARTS) is 1. The van der Waals surface area contributed by atoms with E-state index in [2.05, 4.69) is 10.5 Å². The Balaban J connectivity index is 1.29. The third-order valence-electron chi connectivity index (χ3n) is 6.75. The van der Waals surface area contributed by atoms with E-state index in [1.807, 2.05) is 85.8 Å². The molecule has 1 unspecified atom stereocenters. The fraction of sp³-hybridized carbons (Fsp3) is 0.233. The van der Waals surface area contributed by atoms with Crippen molar-refractivity contribution >= 4 is 17.7 Å². The molecule has 4 aromatic rings. The largest absolute Gasteiger partial charge is 0.481 e. The molecule has 0 spiro atoms. The molecule has 1 saturated carbocycles. The number of hydrogen-bond donors (Lipinski definition) is 2. The molecule has 1 aliphatic carbocycles. The molecule has 1 heterocycles. The molecule has 7 heteroatoms. The van der Waals surface area contributed by atoms with Crippen molar-refractivity contribution in [2.45, 2.75) is 38.7 Å². The highest BCUT2D eigenvalue weighted by Gasteiger charge is 2.37. The van der Waals surface area contributed by atoms with Gasteiger partial charge < -0.3 is 14.4 Å². The number of nitrogens with zero attached hydrogens (tertiary/aromatic N) is 1. The van der Waals surface area contributed by atoms with Gasteiger partial charge in [0, 0.05) is 5.56 Å². The van der Waals surface area contributed by atoms with Crippen LogP contribution in [0.4, 0.5) is 10.5 Å². The first-order chi connectivity index (χ1) is 17.9. The van der Waals surface area contributed by atoms with Gasteiger partial charge in [0.15, 0.2) is 5.76 Å². The van der Waals surface area contributed by atoms with Gasteiger partial charge >= 0.3 is 12.1 Å². The fourth-order valence-corrected chi connectivity index (χ4v) is 4.54. The summed E-state index contributed by atoms with van der Waals surface area (Å²) in [6, 6.07) is 24.9. The molecule has 3 aromatic carbocycles. The Bertz CT molecular complexity index is 1390. The summed E-state index contributed by atoms with van der Waals surface area (Å²) in [6.45, 7) is 3.57. The average molecular weight is 497 g/mol. The number of rotatable bonds is 8. The second kappa shape index (κ2) is 10.3. The van der Waals surface area contributed by atoms with Gasteiger partial charge in [-0.15, -0.1) is 0 Å².